The summed E-state index contributed by atoms with van der Waals surface area (Å²) in [5.74, 6) is 0. The molecule has 0 aromatic rings. The van der Waals surface area contributed by atoms with E-state index in [-0.39, 0.29) is 0 Å². The standard InChI is InChI=1S/C7H16O3.2C2H4/c1-3-9-6-7-10-5-4-8-2;2*1-2/h3-7H2,1-2H3;2*1-2H2. The summed E-state index contributed by atoms with van der Waals surface area (Å²) in [4.78, 5) is 0. The summed E-state index contributed by atoms with van der Waals surface area (Å²) in [6.07, 6.45) is 0. The molecule has 0 aromatic carbocycles. The molecule has 0 radical (unpaired) electrons. The van der Waals surface area contributed by atoms with Crippen molar-refractivity contribution in [1.82, 2.24) is 0 Å². The van der Waals surface area contributed by atoms with Gasteiger partial charge in [0.2, 0.25) is 0 Å². The lowest BCUT2D eigenvalue weighted by molar-refractivity contribution is 0.0280. The molecule has 14 heavy (non-hydrogen) atoms. The van der Waals surface area contributed by atoms with Crippen LogP contribution in [0.3, 0.4) is 0 Å². The second kappa shape index (κ2) is 29.4. The summed E-state index contributed by atoms with van der Waals surface area (Å²) in [7, 11) is 1.66. The third kappa shape index (κ3) is 30.1. The second-order valence-corrected chi connectivity index (χ2v) is 1.80. The van der Waals surface area contributed by atoms with Gasteiger partial charge in [0.15, 0.2) is 0 Å². The van der Waals surface area contributed by atoms with Crippen LogP contribution in [0.25, 0.3) is 0 Å². The molecule has 0 aliphatic heterocycles. The van der Waals surface area contributed by atoms with E-state index in [1.54, 1.807) is 7.11 Å². The first-order valence-electron chi connectivity index (χ1n) is 4.56. The Morgan fingerprint density at radius 3 is 1.64 bits per heavy atom. The van der Waals surface area contributed by atoms with Gasteiger partial charge in [-0.25, -0.2) is 0 Å². The van der Waals surface area contributed by atoms with Gasteiger partial charge in [0.05, 0.1) is 26.4 Å². The van der Waals surface area contributed by atoms with Gasteiger partial charge >= 0.3 is 0 Å². The largest absolute Gasteiger partial charge is 0.382 e. The smallest absolute Gasteiger partial charge is 0.0701 e. The molecule has 3 heteroatoms. The lowest BCUT2D eigenvalue weighted by Crippen LogP contribution is -2.07. The Balaban J connectivity index is -0.000000266. The van der Waals surface area contributed by atoms with Crippen LogP contribution in [0.1, 0.15) is 6.92 Å². The van der Waals surface area contributed by atoms with Gasteiger partial charge in [-0.2, -0.15) is 0 Å². The number of ether oxygens (including phenoxy) is 3. The second-order valence-electron chi connectivity index (χ2n) is 1.80. The highest BCUT2D eigenvalue weighted by Crippen LogP contribution is 1.77. The zero-order chi connectivity index (χ0) is 11.7. The van der Waals surface area contributed by atoms with Crippen LogP contribution in [-0.4, -0.2) is 40.1 Å². The third-order valence-corrected chi connectivity index (χ3v) is 1.01. The van der Waals surface area contributed by atoms with Crippen molar-refractivity contribution in [2.45, 2.75) is 6.92 Å². The highest BCUT2D eigenvalue weighted by Gasteiger charge is 1.86. The Morgan fingerprint density at radius 2 is 1.21 bits per heavy atom. The predicted molar refractivity (Wildman–Crippen MR) is 61.7 cm³/mol. The van der Waals surface area contributed by atoms with E-state index in [0.717, 1.165) is 6.61 Å². The summed E-state index contributed by atoms with van der Waals surface area (Å²) in [6.45, 7) is 17.4. The highest BCUT2D eigenvalue weighted by molar-refractivity contribution is 4.29. The zero-order valence-electron chi connectivity index (χ0n) is 9.59. The molecule has 0 aliphatic carbocycles. The van der Waals surface area contributed by atoms with E-state index >= 15 is 0 Å². The maximum Gasteiger partial charge on any atom is 0.0701 e. The average molecular weight is 204 g/mol. The van der Waals surface area contributed by atoms with Gasteiger partial charge in [0.25, 0.3) is 0 Å². The molecular formula is C11H24O3. The fraction of sp³-hybridized carbons (Fsp3) is 0.636. The zero-order valence-corrected chi connectivity index (χ0v) is 9.59. The van der Waals surface area contributed by atoms with Crippen molar-refractivity contribution in [3.63, 3.8) is 0 Å². The molecule has 0 fully saturated rings. The molecule has 0 heterocycles. The Kier molecular flexibility index (Phi) is 40.0. The molecule has 0 N–H and O–H groups in total. The molecule has 0 unspecified atom stereocenters. The van der Waals surface area contributed by atoms with Crippen molar-refractivity contribution in [1.29, 1.82) is 0 Å². The van der Waals surface area contributed by atoms with Gasteiger partial charge in [-0.15, -0.1) is 26.3 Å². The normalized spacial score (nSPS) is 7.86. The van der Waals surface area contributed by atoms with Crippen LogP contribution >= 0.6 is 0 Å². The summed E-state index contributed by atoms with van der Waals surface area (Å²) < 4.78 is 15.0. The van der Waals surface area contributed by atoms with E-state index in [1.165, 1.54) is 0 Å². The van der Waals surface area contributed by atoms with Crippen LogP contribution in [0.2, 0.25) is 0 Å². The van der Waals surface area contributed by atoms with Crippen LogP contribution in [0.5, 0.6) is 0 Å². The molecule has 0 bridgehead atoms. The maximum atomic E-state index is 5.13. The average Bonchev–Trinajstić information content (AvgIpc) is 2.29. The molecular weight excluding hydrogens is 180 g/mol. The molecule has 0 aliphatic rings. The molecule has 0 amide bonds. The summed E-state index contributed by atoms with van der Waals surface area (Å²) in [5.41, 5.74) is 0. The number of hydrogen-bond donors (Lipinski definition) is 0. The molecule has 86 valence electrons. The van der Waals surface area contributed by atoms with Crippen molar-refractivity contribution in [2.24, 2.45) is 0 Å². The first-order valence-corrected chi connectivity index (χ1v) is 4.56. The SMILES string of the molecule is C=C.C=C.CCOCCOCCOC. The molecule has 0 saturated carbocycles. The van der Waals surface area contributed by atoms with Gasteiger partial charge in [0.1, 0.15) is 0 Å². The van der Waals surface area contributed by atoms with Crippen molar-refractivity contribution in [2.75, 3.05) is 40.1 Å². The Bertz CT molecular complexity index is 66.9. The highest BCUT2D eigenvalue weighted by atomic mass is 16.5. The topological polar surface area (TPSA) is 27.7 Å². The van der Waals surface area contributed by atoms with Crippen LogP contribution in [0.4, 0.5) is 0 Å². The molecule has 0 aromatic heterocycles. The van der Waals surface area contributed by atoms with E-state index < -0.39 is 0 Å². The summed E-state index contributed by atoms with van der Waals surface area (Å²) in [5, 5.41) is 0. The van der Waals surface area contributed by atoms with E-state index in [4.69, 9.17) is 14.2 Å². The van der Waals surface area contributed by atoms with Gasteiger partial charge in [0, 0.05) is 13.7 Å². The first-order chi connectivity index (χ1) is 6.91. The Hall–Kier alpha value is -0.640. The van der Waals surface area contributed by atoms with Crippen molar-refractivity contribution in [3.05, 3.63) is 26.3 Å². The van der Waals surface area contributed by atoms with Gasteiger partial charge < -0.3 is 14.2 Å². The molecule has 0 atom stereocenters. The number of rotatable bonds is 7. The monoisotopic (exact) mass is 204 g/mol. The predicted octanol–water partition coefficient (Wildman–Crippen LogP) is 2.29. The molecule has 3 nitrogen and oxygen atoms in total. The fourth-order valence-corrected chi connectivity index (χ4v) is 0.507. The third-order valence-electron chi connectivity index (χ3n) is 1.01. The Morgan fingerprint density at radius 1 is 0.786 bits per heavy atom. The van der Waals surface area contributed by atoms with Crippen LogP contribution < -0.4 is 0 Å². The molecule has 0 saturated heterocycles. The van der Waals surface area contributed by atoms with Gasteiger partial charge in [-0.3, -0.25) is 0 Å². The first kappa shape index (κ1) is 19.0. The number of methoxy groups -OCH3 is 1. The molecule has 0 spiro atoms. The lowest BCUT2D eigenvalue weighted by Gasteiger charge is -2.02. The lowest BCUT2D eigenvalue weighted by atomic mass is 10.7. The van der Waals surface area contributed by atoms with Crippen molar-refractivity contribution in [3.8, 4) is 0 Å². The minimum atomic E-state index is 0.656. The van der Waals surface area contributed by atoms with E-state index in [1.807, 2.05) is 6.92 Å². The quantitative estimate of drug-likeness (QED) is 0.470. The van der Waals surface area contributed by atoms with Crippen LogP contribution in [-0.2, 0) is 14.2 Å². The van der Waals surface area contributed by atoms with Crippen LogP contribution in [0.15, 0.2) is 26.3 Å². The van der Waals surface area contributed by atoms with E-state index in [0.29, 0.717) is 26.4 Å². The van der Waals surface area contributed by atoms with E-state index in [2.05, 4.69) is 26.3 Å². The van der Waals surface area contributed by atoms with Gasteiger partial charge in [-0.1, -0.05) is 0 Å². The minimum absolute atomic E-state index is 0.656. The fourth-order valence-electron chi connectivity index (χ4n) is 0.507. The minimum Gasteiger partial charge on any atom is -0.382 e. The molecule has 0 rings (SSSR count). The van der Waals surface area contributed by atoms with Crippen molar-refractivity contribution >= 4 is 0 Å². The van der Waals surface area contributed by atoms with E-state index in [9.17, 15) is 0 Å². The van der Waals surface area contributed by atoms with Crippen molar-refractivity contribution < 1.29 is 14.2 Å². The number of hydrogen-bond acceptors (Lipinski definition) is 3. The maximum absolute atomic E-state index is 5.13. The summed E-state index contributed by atoms with van der Waals surface area (Å²) >= 11 is 0. The Labute approximate surface area is 88.4 Å². The van der Waals surface area contributed by atoms with Crippen LogP contribution in [0, 0.1) is 0 Å². The summed E-state index contributed by atoms with van der Waals surface area (Å²) in [6, 6.07) is 0. The van der Waals surface area contributed by atoms with Gasteiger partial charge in [-0.05, 0) is 6.92 Å².